The van der Waals surface area contributed by atoms with Crippen molar-refractivity contribution in [3.8, 4) is 17.3 Å². The summed E-state index contributed by atoms with van der Waals surface area (Å²) in [6, 6.07) is 13.1. The van der Waals surface area contributed by atoms with Gasteiger partial charge in [-0.15, -0.1) is 0 Å². The van der Waals surface area contributed by atoms with Crippen LogP contribution in [0.3, 0.4) is 0 Å². The van der Waals surface area contributed by atoms with Crippen LogP contribution in [0.25, 0.3) is 39.0 Å². The maximum absolute atomic E-state index is 16.9. The van der Waals surface area contributed by atoms with Gasteiger partial charge >= 0.3 is 6.01 Å². The number of piperidine rings is 1. The number of aryl methyl sites for hydroxylation is 1. The van der Waals surface area contributed by atoms with Crippen LogP contribution in [0.1, 0.15) is 50.0 Å². The van der Waals surface area contributed by atoms with E-state index in [0.717, 1.165) is 62.4 Å². The van der Waals surface area contributed by atoms with Crippen LogP contribution in [-0.4, -0.2) is 92.0 Å². The van der Waals surface area contributed by atoms with Crippen molar-refractivity contribution in [1.82, 2.24) is 34.7 Å². The fourth-order valence-corrected chi connectivity index (χ4v) is 8.45. The van der Waals surface area contributed by atoms with E-state index in [9.17, 15) is 4.79 Å². The highest BCUT2D eigenvalue weighted by Gasteiger charge is 2.45. The summed E-state index contributed by atoms with van der Waals surface area (Å²) in [5.74, 6) is 0.507. The van der Waals surface area contributed by atoms with E-state index in [1.165, 1.54) is 0 Å². The molecule has 0 N–H and O–H groups in total. The van der Waals surface area contributed by atoms with E-state index in [1.807, 2.05) is 54.1 Å². The number of halogens is 2. The van der Waals surface area contributed by atoms with Crippen molar-refractivity contribution in [2.75, 3.05) is 44.7 Å². The summed E-state index contributed by atoms with van der Waals surface area (Å²) >= 11 is 6.65. The van der Waals surface area contributed by atoms with Gasteiger partial charge in [0.05, 0.1) is 16.6 Å². The lowest BCUT2D eigenvalue weighted by molar-refractivity contribution is -0.127. The molecule has 3 saturated heterocycles. The molecule has 0 spiro atoms. The van der Waals surface area contributed by atoms with E-state index < -0.39 is 5.82 Å². The molecule has 5 aromatic rings. The Morgan fingerprint density at radius 1 is 1.06 bits per heavy atom. The van der Waals surface area contributed by atoms with Crippen molar-refractivity contribution < 1.29 is 13.9 Å². The zero-order valence-corrected chi connectivity index (χ0v) is 29.6. The number of pyridine rings is 1. The Morgan fingerprint density at radius 3 is 2.67 bits per heavy atom. The van der Waals surface area contributed by atoms with Gasteiger partial charge in [-0.3, -0.25) is 14.7 Å². The molecule has 8 rings (SSSR count). The first-order valence-corrected chi connectivity index (χ1v) is 18.1. The molecule has 6 heterocycles. The summed E-state index contributed by atoms with van der Waals surface area (Å²) in [7, 11) is 1.94. The molecule has 262 valence electrons. The summed E-state index contributed by atoms with van der Waals surface area (Å²) in [5, 5.41) is 2.62. The smallest absolute Gasteiger partial charge is 0.319 e. The van der Waals surface area contributed by atoms with Gasteiger partial charge in [0.15, 0.2) is 5.82 Å². The lowest BCUT2D eigenvalue weighted by Crippen LogP contribution is -2.48. The van der Waals surface area contributed by atoms with Gasteiger partial charge in [-0.05, 0) is 82.1 Å². The quantitative estimate of drug-likeness (QED) is 0.160. The van der Waals surface area contributed by atoms with Crippen molar-refractivity contribution in [2.45, 2.75) is 57.0 Å². The van der Waals surface area contributed by atoms with Crippen LogP contribution < -0.4 is 9.64 Å². The van der Waals surface area contributed by atoms with Crippen molar-refractivity contribution in [2.24, 2.45) is 0 Å². The molecular weight excluding hydrogens is 667 g/mol. The first-order valence-electron chi connectivity index (χ1n) is 17.7. The molecule has 0 radical (unpaired) electrons. The van der Waals surface area contributed by atoms with Crippen molar-refractivity contribution in [1.29, 1.82) is 0 Å². The minimum Gasteiger partial charge on any atom is -0.461 e. The molecule has 1 unspecified atom stereocenters. The van der Waals surface area contributed by atoms with Crippen LogP contribution in [0.4, 0.5) is 10.2 Å². The van der Waals surface area contributed by atoms with Crippen LogP contribution in [-0.2, 0) is 4.79 Å². The molecule has 1 atom stereocenters. The molecule has 3 aliphatic heterocycles. The van der Waals surface area contributed by atoms with Crippen LogP contribution in [0, 0.1) is 12.7 Å². The second kappa shape index (κ2) is 13.8. The fraction of sp³-hybridized carbons (Fsp3) is 0.385. The number of carbonyl (C=O) groups excluding carboxylic acids is 1. The Labute approximate surface area is 301 Å². The third kappa shape index (κ3) is 6.38. The minimum absolute atomic E-state index is 0.0335. The standard InChI is InChI=1S/C39H40ClFN8O2/c1-25-42-18-15-27(44-25)13-14-32(50)48-19-5-10-28(23-48)47(2)37-30-22-43-35(29-11-3-8-26-9-4-12-31(40)33(26)29)34(41)36(30)45-38(46-37)51-24-39-16-6-20-49(39)21-7-17-39/h3-4,8-9,11-15,18,22,28H,5-7,10,16-17,19-21,23-24H2,1-2H3/b14-13+. The summed E-state index contributed by atoms with van der Waals surface area (Å²) in [4.78, 5) is 42.5. The topological polar surface area (TPSA) is 100 Å². The molecule has 0 bridgehead atoms. The number of hydrogen-bond donors (Lipinski definition) is 0. The first kappa shape index (κ1) is 33.4. The highest BCUT2D eigenvalue weighted by Crippen LogP contribution is 2.40. The zero-order chi connectivity index (χ0) is 35.1. The number of aromatic nitrogens is 5. The second-order valence-electron chi connectivity index (χ2n) is 13.9. The summed E-state index contributed by atoms with van der Waals surface area (Å²) < 4.78 is 23.3. The average Bonchev–Trinajstić information content (AvgIpc) is 3.74. The predicted octanol–water partition coefficient (Wildman–Crippen LogP) is 6.88. The van der Waals surface area contributed by atoms with Gasteiger partial charge in [0.1, 0.15) is 29.5 Å². The van der Waals surface area contributed by atoms with Crippen LogP contribution >= 0.6 is 11.6 Å². The maximum Gasteiger partial charge on any atom is 0.319 e. The van der Waals surface area contributed by atoms with Crippen LogP contribution in [0.5, 0.6) is 6.01 Å². The van der Waals surface area contributed by atoms with Gasteiger partial charge in [-0.1, -0.05) is 41.9 Å². The Balaban J connectivity index is 1.15. The normalized spacial score (nSPS) is 18.9. The minimum atomic E-state index is -0.561. The average molecular weight is 707 g/mol. The third-order valence-electron chi connectivity index (χ3n) is 10.8. The molecule has 3 fully saturated rings. The van der Waals surface area contributed by atoms with E-state index in [-0.39, 0.29) is 34.7 Å². The number of nitrogens with zero attached hydrogens (tertiary/aromatic N) is 8. The van der Waals surface area contributed by atoms with E-state index >= 15 is 4.39 Å². The molecule has 51 heavy (non-hydrogen) atoms. The number of ether oxygens (including phenoxy) is 1. The van der Waals surface area contributed by atoms with Gasteiger partial charge in [-0.2, -0.15) is 9.97 Å². The van der Waals surface area contributed by atoms with Gasteiger partial charge in [0.25, 0.3) is 0 Å². The lowest BCUT2D eigenvalue weighted by Gasteiger charge is -2.38. The molecule has 12 heteroatoms. The second-order valence-corrected chi connectivity index (χ2v) is 14.3. The Kier molecular flexibility index (Phi) is 9.02. The van der Waals surface area contributed by atoms with Crippen LogP contribution in [0.2, 0.25) is 5.02 Å². The summed E-state index contributed by atoms with van der Waals surface area (Å²) in [5.41, 5.74) is 1.53. The van der Waals surface area contributed by atoms with Gasteiger partial charge in [0.2, 0.25) is 5.91 Å². The highest BCUT2D eigenvalue weighted by atomic mass is 35.5. The number of likely N-dealkylation sites (N-methyl/N-ethyl adjacent to an activating group) is 1. The van der Waals surface area contributed by atoms with Crippen molar-refractivity contribution in [3.63, 3.8) is 0 Å². The van der Waals surface area contributed by atoms with Crippen LogP contribution in [0.15, 0.2) is 60.9 Å². The molecule has 2 aromatic carbocycles. The largest absolute Gasteiger partial charge is 0.461 e. The SMILES string of the molecule is Cc1nccc(/C=C/C(=O)N2CCCC(N(C)c3nc(OCC45CCCN4CCC5)nc4c(F)c(-c5cccc6cccc(Cl)c56)ncc34)C2)n1. The summed E-state index contributed by atoms with van der Waals surface area (Å²) in [6.07, 6.45) is 12.6. The number of rotatable bonds is 8. The van der Waals surface area contributed by atoms with E-state index in [0.29, 0.717) is 53.0 Å². The van der Waals surface area contributed by atoms with Gasteiger partial charge in [-0.25, -0.2) is 14.4 Å². The molecule has 1 amide bonds. The molecule has 0 aliphatic carbocycles. The number of likely N-dealkylation sites (tertiary alicyclic amines) is 1. The monoisotopic (exact) mass is 706 g/mol. The molecule has 0 saturated carbocycles. The number of carbonyl (C=O) groups is 1. The molecule has 3 aliphatic rings. The maximum atomic E-state index is 16.9. The number of anilines is 1. The molecular formula is C39H40ClFN8O2. The van der Waals surface area contributed by atoms with Gasteiger partial charge < -0.3 is 14.5 Å². The molecule has 10 nitrogen and oxygen atoms in total. The summed E-state index contributed by atoms with van der Waals surface area (Å²) in [6.45, 7) is 5.52. The third-order valence-corrected chi connectivity index (χ3v) is 11.1. The van der Waals surface area contributed by atoms with Crippen molar-refractivity contribution >= 4 is 51.1 Å². The highest BCUT2D eigenvalue weighted by molar-refractivity contribution is 6.36. The van der Waals surface area contributed by atoms with E-state index in [1.54, 1.807) is 36.7 Å². The Bertz CT molecular complexity index is 2150. The first-order chi connectivity index (χ1) is 24.8. The number of amides is 1. The number of hydrogen-bond acceptors (Lipinski definition) is 9. The van der Waals surface area contributed by atoms with Crippen molar-refractivity contribution in [3.05, 3.63) is 83.3 Å². The molecule has 3 aromatic heterocycles. The predicted molar refractivity (Wildman–Crippen MR) is 197 cm³/mol. The zero-order valence-electron chi connectivity index (χ0n) is 28.9. The van der Waals surface area contributed by atoms with E-state index in [2.05, 4.69) is 19.9 Å². The number of fused-ring (bicyclic) bond motifs is 3. The number of benzene rings is 2. The van der Waals surface area contributed by atoms with Gasteiger partial charge in [0, 0.05) is 60.6 Å². The Hall–Kier alpha value is -4.74. The Morgan fingerprint density at radius 2 is 1.86 bits per heavy atom. The fourth-order valence-electron chi connectivity index (χ4n) is 8.17. The lowest BCUT2D eigenvalue weighted by atomic mass is 9.95. The van der Waals surface area contributed by atoms with E-state index in [4.69, 9.17) is 26.3 Å².